The first-order chi connectivity index (χ1) is 14.8. The van der Waals surface area contributed by atoms with Crippen LogP contribution in [-0.4, -0.2) is 44.1 Å². The Labute approximate surface area is 185 Å². The first-order valence-electron chi connectivity index (χ1n) is 11.0. The second-order valence-corrected chi connectivity index (χ2v) is 8.42. The van der Waals surface area contributed by atoms with Crippen molar-refractivity contribution in [1.82, 2.24) is 10.6 Å². The maximum absolute atomic E-state index is 12.8. The van der Waals surface area contributed by atoms with E-state index in [4.69, 9.17) is 15.2 Å². The molecule has 4 N–H and O–H groups in total. The van der Waals surface area contributed by atoms with E-state index in [0.717, 1.165) is 31.2 Å². The van der Waals surface area contributed by atoms with Gasteiger partial charge >= 0.3 is 0 Å². The molecule has 0 bridgehead atoms. The predicted molar refractivity (Wildman–Crippen MR) is 121 cm³/mol. The number of aliphatic imine (C=N–C) groups is 1. The Morgan fingerprint density at radius 3 is 2.42 bits per heavy atom. The quantitative estimate of drug-likeness (QED) is 0.410. The van der Waals surface area contributed by atoms with Crippen molar-refractivity contribution >= 4 is 17.8 Å². The summed E-state index contributed by atoms with van der Waals surface area (Å²) in [5.74, 6) is 0.914. The van der Waals surface area contributed by atoms with Gasteiger partial charge in [-0.05, 0) is 42.9 Å². The Morgan fingerprint density at radius 1 is 1.13 bits per heavy atom. The average Bonchev–Trinajstić information content (AvgIpc) is 2.73. The number of amides is 2. The molecule has 8 heteroatoms. The summed E-state index contributed by atoms with van der Waals surface area (Å²) in [4.78, 5) is 29.5. The van der Waals surface area contributed by atoms with Crippen molar-refractivity contribution in [2.45, 2.75) is 70.9 Å². The number of ether oxygens (including phenoxy) is 2. The van der Waals surface area contributed by atoms with Crippen molar-refractivity contribution in [1.29, 1.82) is 0 Å². The number of carbonyl (C=O) groups is 2. The Balaban J connectivity index is 1.99. The number of rotatable bonds is 9. The Hall–Kier alpha value is -2.77. The molecule has 31 heavy (non-hydrogen) atoms. The van der Waals surface area contributed by atoms with E-state index in [-0.39, 0.29) is 36.2 Å². The van der Waals surface area contributed by atoms with E-state index >= 15 is 0 Å². The molecule has 172 valence electrons. The number of methoxy groups -OCH3 is 2. The number of nitrogens with two attached hydrogens (primary N) is 1. The van der Waals surface area contributed by atoms with Gasteiger partial charge in [0.05, 0.1) is 20.6 Å². The predicted octanol–water partition coefficient (Wildman–Crippen LogP) is 2.54. The topological polar surface area (TPSA) is 115 Å². The molecule has 1 unspecified atom stereocenters. The highest BCUT2D eigenvalue weighted by Crippen LogP contribution is 2.27. The number of nitrogens with zero attached hydrogens (tertiary/aromatic N) is 1. The zero-order valence-corrected chi connectivity index (χ0v) is 19.1. The number of hydrogen-bond acceptors (Lipinski definition) is 5. The molecule has 0 aromatic heterocycles. The Bertz CT molecular complexity index is 773. The maximum Gasteiger partial charge on any atom is 0.245 e. The molecule has 1 fully saturated rings. The van der Waals surface area contributed by atoms with Gasteiger partial charge in [-0.25, -0.2) is 4.99 Å². The summed E-state index contributed by atoms with van der Waals surface area (Å²) in [6.45, 7) is 4.06. The van der Waals surface area contributed by atoms with Gasteiger partial charge in [0.15, 0.2) is 17.5 Å². The summed E-state index contributed by atoms with van der Waals surface area (Å²) < 4.78 is 10.5. The molecular formula is C23H36N4O4. The van der Waals surface area contributed by atoms with Gasteiger partial charge in [-0.15, -0.1) is 0 Å². The van der Waals surface area contributed by atoms with Crippen LogP contribution in [0.2, 0.25) is 0 Å². The van der Waals surface area contributed by atoms with E-state index in [2.05, 4.69) is 15.6 Å². The minimum absolute atomic E-state index is 0.0464. The highest BCUT2D eigenvalue weighted by Gasteiger charge is 2.23. The third-order valence-corrected chi connectivity index (χ3v) is 5.32. The van der Waals surface area contributed by atoms with Crippen molar-refractivity contribution in [3.05, 3.63) is 23.8 Å². The van der Waals surface area contributed by atoms with Crippen LogP contribution in [0.25, 0.3) is 0 Å². The molecule has 0 radical (unpaired) electrons. The van der Waals surface area contributed by atoms with Crippen molar-refractivity contribution in [2.75, 3.05) is 14.2 Å². The molecule has 1 saturated carbocycles. The first kappa shape index (κ1) is 24.5. The Morgan fingerprint density at radius 2 is 1.81 bits per heavy atom. The SMILES string of the molecule is COc1ccc(CC(=O)NC(N)=NC(CC(C)C)C(=O)NC2CCCCC2)cc1OC. The molecule has 0 saturated heterocycles. The van der Waals surface area contributed by atoms with E-state index in [1.54, 1.807) is 32.4 Å². The van der Waals surface area contributed by atoms with E-state index in [1.807, 2.05) is 13.8 Å². The highest BCUT2D eigenvalue weighted by molar-refractivity contribution is 5.98. The van der Waals surface area contributed by atoms with E-state index < -0.39 is 6.04 Å². The van der Waals surface area contributed by atoms with Crippen LogP contribution in [0.15, 0.2) is 23.2 Å². The van der Waals surface area contributed by atoms with Crippen LogP contribution in [0.3, 0.4) is 0 Å². The van der Waals surface area contributed by atoms with Gasteiger partial charge in [0.1, 0.15) is 6.04 Å². The molecule has 1 atom stereocenters. The zero-order chi connectivity index (χ0) is 22.8. The fourth-order valence-corrected chi connectivity index (χ4v) is 3.77. The number of hydrogen-bond donors (Lipinski definition) is 3. The minimum atomic E-state index is -0.622. The fraction of sp³-hybridized carbons (Fsp3) is 0.609. The zero-order valence-electron chi connectivity index (χ0n) is 19.1. The second-order valence-electron chi connectivity index (χ2n) is 8.42. The molecular weight excluding hydrogens is 396 g/mol. The van der Waals surface area contributed by atoms with Gasteiger partial charge in [0.2, 0.25) is 11.8 Å². The molecule has 2 rings (SSSR count). The molecule has 1 aliphatic rings. The van der Waals surface area contributed by atoms with Gasteiger partial charge in [0.25, 0.3) is 0 Å². The van der Waals surface area contributed by atoms with Crippen LogP contribution >= 0.6 is 0 Å². The largest absolute Gasteiger partial charge is 0.493 e. The molecule has 1 aromatic carbocycles. The summed E-state index contributed by atoms with van der Waals surface area (Å²) in [7, 11) is 3.10. The van der Waals surface area contributed by atoms with Gasteiger partial charge in [-0.3, -0.25) is 14.9 Å². The second kappa shape index (κ2) is 12.2. The Kier molecular flexibility index (Phi) is 9.62. The number of guanidine groups is 1. The number of nitrogens with one attached hydrogen (secondary N) is 2. The summed E-state index contributed by atoms with van der Waals surface area (Å²) in [5, 5.41) is 5.70. The number of benzene rings is 1. The van der Waals surface area contributed by atoms with Gasteiger partial charge in [-0.1, -0.05) is 39.2 Å². The molecule has 8 nitrogen and oxygen atoms in total. The molecule has 0 spiro atoms. The normalized spacial score (nSPS) is 16.0. The van der Waals surface area contributed by atoms with Crippen molar-refractivity contribution < 1.29 is 19.1 Å². The number of carbonyl (C=O) groups excluding carboxylic acids is 2. The van der Waals surface area contributed by atoms with Gasteiger partial charge < -0.3 is 20.5 Å². The molecule has 1 aliphatic carbocycles. The lowest BCUT2D eigenvalue weighted by Gasteiger charge is -2.25. The summed E-state index contributed by atoms with van der Waals surface area (Å²) in [6, 6.07) is 4.85. The monoisotopic (exact) mass is 432 g/mol. The maximum atomic E-state index is 12.8. The van der Waals surface area contributed by atoms with E-state index in [0.29, 0.717) is 17.9 Å². The summed E-state index contributed by atoms with van der Waals surface area (Å²) >= 11 is 0. The van der Waals surface area contributed by atoms with E-state index in [1.165, 1.54) is 6.42 Å². The van der Waals surface area contributed by atoms with E-state index in [9.17, 15) is 9.59 Å². The van der Waals surface area contributed by atoms with Crippen LogP contribution < -0.4 is 25.8 Å². The minimum Gasteiger partial charge on any atom is -0.493 e. The molecule has 1 aromatic rings. The highest BCUT2D eigenvalue weighted by atomic mass is 16.5. The molecule has 0 aliphatic heterocycles. The van der Waals surface area contributed by atoms with Crippen LogP contribution in [0, 0.1) is 5.92 Å². The lowest BCUT2D eigenvalue weighted by molar-refractivity contribution is -0.123. The summed E-state index contributed by atoms with van der Waals surface area (Å²) in [6.07, 6.45) is 6.15. The molecule has 0 heterocycles. The van der Waals surface area contributed by atoms with Crippen LogP contribution in [-0.2, 0) is 16.0 Å². The standard InChI is InChI=1S/C23H36N4O4/c1-15(2)12-18(22(29)25-17-8-6-5-7-9-17)26-23(24)27-21(28)14-16-10-11-19(30-3)20(13-16)31-4/h10-11,13,15,17-18H,5-9,12,14H2,1-4H3,(H,25,29)(H3,24,26,27,28). The lowest BCUT2D eigenvalue weighted by atomic mass is 9.95. The smallest absolute Gasteiger partial charge is 0.245 e. The third-order valence-electron chi connectivity index (χ3n) is 5.32. The summed E-state index contributed by atoms with van der Waals surface area (Å²) in [5.41, 5.74) is 6.72. The average molecular weight is 433 g/mol. The first-order valence-corrected chi connectivity index (χ1v) is 11.0. The van der Waals surface area contributed by atoms with Gasteiger partial charge in [0, 0.05) is 6.04 Å². The third kappa shape index (κ3) is 8.11. The molecule has 2 amide bonds. The van der Waals surface area contributed by atoms with Crippen molar-refractivity contribution in [3.63, 3.8) is 0 Å². The van der Waals surface area contributed by atoms with Crippen molar-refractivity contribution in [3.8, 4) is 11.5 Å². The fourth-order valence-electron chi connectivity index (χ4n) is 3.77. The van der Waals surface area contributed by atoms with Crippen LogP contribution in [0.5, 0.6) is 11.5 Å². The van der Waals surface area contributed by atoms with Crippen LogP contribution in [0.4, 0.5) is 0 Å². The van der Waals surface area contributed by atoms with Crippen molar-refractivity contribution in [2.24, 2.45) is 16.6 Å². The lowest BCUT2D eigenvalue weighted by Crippen LogP contribution is -2.44. The van der Waals surface area contributed by atoms with Gasteiger partial charge in [-0.2, -0.15) is 0 Å². The van der Waals surface area contributed by atoms with Crippen LogP contribution in [0.1, 0.15) is 57.9 Å².